The summed E-state index contributed by atoms with van der Waals surface area (Å²) < 4.78 is 11.4. The summed E-state index contributed by atoms with van der Waals surface area (Å²) in [6.07, 6.45) is 1.24. The van der Waals surface area contributed by atoms with Gasteiger partial charge in [-0.15, -0.1) is 0 Å². The van der Waals surface area contributed by atoms with Gasteiger partial charge in [-0.1, -0.05) is 36.4 Å². The first-order valence-corrected chi connectivity index (χ1v) is 11.2. The Morgan fingerprint density at radius 2 is 2.06 bits per heavy atom. The van der Waals surface area contributed by atoms with Gasteiger partial charge in [0.1, 0.15) is 17.6 Å². The molecule has 2 aliphatic rings. The van der Waals surface area contributed by atoms with Crippen LogP contribution in [0.4, 0.5) is 0 Å². The fraction of sp³-hybridized carbons (Fsp3) is 0.440. The molecule has 1 saturated heterocycles. The van der Waals surface area contributed by atoms with Gasteiger partial charge < -0.3 is 19.7 Å². The third kappa shape index (κ3) is 5.59. The van der Waals surface area contributed by atoms with Crippen molar-refractivity contribution in [2.75, 3.05) is 26.7 Å². The summed E-state index contributed by atoms with van der Waals surface area (Å²) in [5, 5.41) is 2.99. The SMILES string of the molecule is COc1ccc2c(c1)O[C@@H](C)CN(CC(=O)N(Cc1ccccc1)C[C@@H]1CCC(=O)N1)C2. The second-order valence-corrected chi connectivity index (χ2v) is 8.63. The van der Waals surface area contributed by atoms with Crippen LogP contribution in [0.1, 0.15) is 30.9 Å². The van der Waals surface area contributed by atoms with Gasteiger partial charge in [0.05, 0.1) is 13.7 Å². The predicted octanol–water partition coefficient (Wildman–Crippen LogP) is 2.59. The molecule has 0 bridgehead atoms. The average molecular weight is 438 g/mol. The molecule has 2 atom stereocenters. The fourth-order valence-corrected chi connectivity index (χ4v) is 4.38. The molecule has 1 fully saturated rings. The monoisotopic (exact) mass is 437 g/mol. The van der Waals surface area contributed by atoms with Crippen LogP contribution in [0.5, 0.6) is 11.5 Å². The molecular formula is C25H31N3O4. The van der Waals surface area contributed by atoms with Crippen molar-refractivity contribution in [2.24, 2.45) is 0 Å². The first kappa shape index (κ1) is 22.1. The summed E-state index contributed by atoms with van der Waals surface area (Å²) in [6, 6.07) is 15.8. The lowest BCUT2D eigenvalue weighted by Crippen LogP contribution is -2.46. The molecular weight excluding hydrogens is 406 g/mol. The molecule has 0 aromatic heterocycles. The van der Waals surface area contributed by atoms with Gasteiger partial charge in [-0.3, -0.25) is 14.5 Å². The highest BCUT2D eigenvalue weighted by atomic mass is 16.5. The molecule has 2 aliphatic heterocycles. The fourth-order valence-electron chi connectivity index (χ4n) is 4.38. The van der Waals surface area contributed by atoms with Crippen molar-refractivity contribution >= 4 is 11.8 Å². The minimum absolute atomic E-state index is 0.00902. The summed E-state index contributed by atoms with van der Waals surface area (Å²) >= 11 is 0. The Hall–Kier alpha value is -3.06. The predicted molar refractivity (Wildman–Crippen MR) is 121 cm³/mol. The number of methoxy groups -OCH3 is 1. The lowest BCUT2D eigenvalue weighted by atomic mass is 10.1. The minimum atomic E-state index is -0.0483. The largest absolute Gasteiger partial charge is 0.497 e. The number of amides is 2. The molecule has 0 saturated carbocycles. The van der Waals surface area contributed by atoms with Crippen LogP contribution in [0.15, 0.2) is 48.5 Å². The second kappa shape index (κ2) is 10.0. The first-order chi connectivity index (χ1) is 15.5. The van der Waals surface area contributed by atoms with Crippen molar-refractivity contribution in [3.05, 3.63) is 59.7 Å². The topological polar surface area (TPSA) is 71.1 Å². The van der Waals surface area contributed by atoms with Gasteiger partial charge in [0.2, 0.25) is 11.8 Å². The number of hydrogen-bond donors (Lipinski definition) is 1. The maximum atomic E-state index is 13.4. The number of nitrogens with one attached hydrogen (secondary N) is 1. The lowest BCUT2D eigenvalue weighted by Gasteiger charge is -2.29. The summed E-state index contributed by atoms with van der Waals surface area (Å²) in [5.41, 5.74) is 2.12. The van der Waals surface area contributed by atoms with Crippen LogP contribution >= 0.6 is 0 Å². The molecule has 32 heavy (non-hydrogen) atoms. The molecule has 2 aromatic rings. The number of carbonyl (C=O) groups excluding carboxylic acids is 2. The third-order valence-corrected chi connectivity index (χ3v) is 5.97. The molecule has 7 nitrogen and oxygen atoms in total. The van der Waals surface area contributed by atoms with Gasteiger partial charge in [0.15, 0.2) is 0 Å². The molecule has 0 spiro atoms. The number of carbonyl (C=O) groups is 2. The Morgan fingerprint density at radius 1 is 1.25 bits per heavy atom. The zero-order valence-electron chi connectivity index (χ0n) is 18.8. The zero-order chi connectivity index (χ0) is 22.5. The molecule has 4 rings (SSSR count). The molecule has 170 valence electrons. The van der Waals surface area contributed by atoms with Crippen LogP contribution in [0.2, 0.25) is 0 Å². The molecule has 0 aliphatic carbocycles. The number of rotatable bonds is 7. The Bertz CT molecular complexity index is 949. The standard InChI is InChI=1S/C25H31N3O4/c1-18-13-27(15-20-8-10-22(31-2)12-23(20)32-18)17-25(30)28(14-19-6-4-3-5-7-19)16-21-9-11-24(29)26-21/h3-8,10,12,18,21H,9,11,13-17H2,1-2H3,(H,26,29)/t18-,21-/m0/s1. The van der Waals surface area contributed by atoms with E-state index in [4.69, 9.17) is 9.47 Å². The minimum Gasteiger partial charge on any atom is -0.497 e. The smallest absolute Gasteiger partial charge is 0.237 e. The Kier molecular flexibility index (Phi) is 6.95. The summed E-state index contributed by atoms with van der Waals surface area (Å²) in [4.78, 5) is 29.1. The number of ether oxygens (including phenoxy) is 2. The Morgan fingerprint density at radius 3 is 2.78 bits per heavy atom. The number of fused-ring (bicyclic) bond motifs is 1. The van der Waals surface area contributed by atoms with Crippen molar-refractivity contribution in [1.82, 2.24) is 15.1 Å². The van der Waals surface area contributed by atoms with Gasteiger partial charge in [-0.25, -0.2) is 0 Å². The summed E-state index contributed by atoms with van der Waals surface area (Å²) in [7, 11) is 1.64. The van der Waals surface area contributed by atoms with E-state index in [1.54, 1.807) is 7.11 Å². The zero-order valence-corrected chi connectivity index (χ0v) is 18.8. The highest BCUT2D eigenvalue weighted by molar-refractivity contribution is 5.80. The first-order valence-electron chi connectivity index (χ1n) is 11.2. The lowest BCUT2D eigenvalue weighted by molar-refractivity contribution is -0.134. The van der Waals surface area contributed by atoms with Crippen molar-refractivity contribution in [2.45, 2.75) is 45.0 Å². The van der Waals surface area contributed by atoms with Crippen molar-refractivity contribution < 1.29 is 19.1 Å². The molecule has 0 unspecified atom stereocenters. The van der Waals surface area contributed by atoms with E-state index in [0.717, 1.165) is 29.0 Å². The Labute approximate surface area is 189 Å². The molecule has 2 amide bonds. The van der Waals surface area contributed by atoms with Crippen LogP contribution < -0.4 is 14.8 Å². The van der Waals surface area contributed by atoms with Crippen LogP contribution in [0.3, 0.4) is 0 Å². The average Bonchev–Trinajstić information content (AvgIpc) is 3.12. The van der Waals surface area contributed by atoms with E-state index in [-0.39, 0.29) is 24.0 Å². The maximum absolute atomic E-state index is 13.4. The van der Waals surface area contributed by atoms with E-state index in [1.165, 1.54) is 0 Å². The normalized spacial score (nSPS) is 20.6. The van der Waals surface area contributed by atoms with Crippen molar-refractivity contribution in [1.29, 1.82) is 0 Å². The highest BCUT2D eigenvalue weighted by Gasteiger charge is 2.28. The van der Waals surface area contributed by atoms with Gasteiger partial charge >= 0.3 is 0 Å². The van der Waals surface area contributed by atoms with E-state index in [9.17, 15) is 9.59 Å². The Balaban J connectivity index is 1.47. The van der Waals surface area contributed by atoms with Crippen LogP contribution in [0, 0.1) is 0 Å². The van der Waals surface area contributed by atoms with Crippen LogP contribution in [-0.2, 0) is 22.7 Å². The van der Waals surface area contributed by atoms with Crippen molar-refractivity contribution in [3.63, 3.8) is 0 Å². The number of hydrogen-bond acceptors (Lipinski definition) is 5. The maximum Gasteiger partial charge on any atom is 0.237 e. The highest BCUT2D eigenvalue weighted by Crippen LogP contribution is 2.29. The summed E-state index contributed by atoms with van der Waals surface area (Å²) in [5.74, 6) is 1.68. The second-order valence-electron chi connectivity index (χ2n) is 8.63. The van der Waals surface area contributed by atoms with Gasteiger partial charge in [-0.2, -0.15) is 0 Å². The van der Waals surface area contributed by atoms with Crippen molar-refractivity contribution in [3.8, 4) is 11.5 Å². The molecule has 2 aromatic carbocycles. The molecule has 2 heterocycles. The third-order valence-electron chi connectivity index (χ3n) is 5.97. The van der Waals surface area contributed by atoms with Gasteiger partial charge in [0.25, 0.3) is 0 Å². The van der Waals surface area contributed by atoms with Gasteiger partial charge in [-0.05, 0) is 25.0 Å². The number of benzene rings is 2. The molecule has 0 radical (unpaired) electrons. The van der Waals surface area contributed by atoms with E-state index >= 15 is 0 Å². The quantitative estimate of drug-likeness (QED) is 0.721. The van der Waals surface area contributed by atoms with E-state index in [1.807, 2.05) is 60.4 Å². The van der Waals surface area contributed by atoms with Crippen LogP contribution in [0.25, 0.3) is 0 Å². The van der Waals surface area contributed by atoms with E-state index in [0.29, 0.717) is 39.1 Å². The van der Waals surface area contributed by atoms with E-state index in [2.05, 4.69) is 10.2 Å². The van der Waals surface area contributed by atoms with E-state index < -0.39 is 0 Å². The molecule has 1 N–H and O–H groups in total. The number of nitrogens with zero attached hydrogens (tertiary/aromatic N) is 2. The molecule has 7 heteroatoms. The summed E-state index contributed by atoms with van der Waals surface area (Å²) in [6.45, 7) is 4.65. The van der Waals surface area contributed by atoms with Gasteiger partial charge in [0, 0.05) is 50.3 Å². The van der Waals surface area contributed by atoms with Crippen LogP contribution in [-0.4, -0.2) is 60.5 Å².